The monoisotopic (exact) mass is 712 g/mol. The Kier molecular flexibility index (Phi) is 18.4. The van der Waals surface area contributed by atoms with E-state index in [1.807, 2.05) is 72.8 Å². The molecule has 0 fully saturated rings. The maximum Gasteiger partial charge on any atom is 0.373 e. The zero-order valence-electron chi connectivity index (χ0n) is 28.9. The first-order chi connectivity index (χ1) is 25.5. The maximum absolute atomic E-state index is 8.12. The van der Waals surface area contributed by atoms with Crippen LogP contribution >= 0.6 is 0 Å². The highest BCUT2D eigenvalue weighted by atomic mass is 16.7. The number of aromatic nitrogens is 2. The third-order valence-corrected chi connectivity index (χ3v) is 7.06. The largest absolute Gasteiger partial charge is 0.494 e. The number of rotatable bonds is 12. The minimum atomic E-state index is -0.119. The molecule has 0 N–H and O–H groups in total. The van der Waals surface area contributed by atoms with Crippen LogP contribution in [0.3, 0.4) is 0 Å². The van der Waals surface area contributed by atoms with Crippen LogP contribution in [0, 0.1) is 0 Å². The average Bonchev–Trinajstić information content (AvgIpc) is 3.84. The summed E-state index contributed by atoms with van der Waals surface area (Å²) in [5.41, 5.74) is 2.11. The molecule has 14 heteroatoms. The van der Waals surface area contributed by atoms with Crippen LogP contribution in [-0.2, 0) is 28.9 Å². The van der Waals surface area contributed by atoms with Gasteiger partial charge in [0.15, 0.2) is 12.2 Å². The Labute approximate surface area is 301 Å². The first-order valence-electron chi connectivity index (χ1n) is 16.6. The van der Waals surface area contributed by atoms with Gasteiger partial charge in [0.05, 0.1) is 38.4 Å². The molecule has 0 amide bonds. The van der Waals surface area contributed by atoms with Crippen LogP contribution in [0.1, 0.15) is 75.7 Å². The van der Waals surface area contributed by atoms with Gasteiger partial charge in [-0.1, -0.05) is 61.3 Å². The van der Waals surface area contributed by atoms with Gasteiger partial charge in [-0.2, -0.15) is 19.2 Å². The van der Waals surface area contributed by atoms with E-state index in [1.165, 1.54) is 0 Å². The summed E-state index contributed by atoms with van der Waals surface area (Å²) in [4.78, 5) is 51.4. The van der Waals surface area contributed by atoms with Crippen molar-refractivity contribution in [1.29, 1.82) is 0 Å². The lowest BCUT2D eigenvalue weighted by molar-refractivity contribution is -0.193. The quantitative estimate of drug-likeness (QED) is 0.137. The van der Waals surface area contributed by atoms with Crippen LogP contribution in [0.15, 0.2) is 108 Å². The van der Waals surface area contributed by atoms with Gasteiger partial charge in [0, 0.05) is 12.4 Å². The van der Waals surface area contributed by atoms with Gasteiger partial charge in [0.2, 0.25) is 11.8 Å². The van der Waals surface area contributed by atoms with Crippen molar-refractivity contribution in [2.45, 2.75) is 64.6 Å². The number of carbonyl (C=O) groups excluding carboxylic acids is 4. The summed E-state index contributed by atoms with van der Waals surface area (Å²) in [5.74, 6) is 4.21. The molecule has 4 heterocycles. The van der Waals surface area contributed by atoms with Crippen molar-refractivity contribution in [1.82, 2.24) is 9.97 Å². The van der Waals surface area contributed by atoms with Gasteiger partial charge in [-0.05, 0) is 72.5 Å². The molecule has 0 aliphatic carbocycles. The normalized spacial score (nSPS) is 15.0. The third-order valence-electron chi connectivity index (χ3n) is 7.06. The molecule has 0 spiro atoms. The second-order valence-corrected chi connectivity index (χ2v) is 10.9. The van der Waals surface area contributed by atoms with E-state index >= 15 is 0 Å². The van der Waals surface area contributed by atoms with Crippen LogP contribution in [0.2, 0.25) is 0 Å². The van der Waals surface area contributed by atoms with E-state index in [9.17, 15) is 0 Å². The topological polar surface area (TPSA) is 174 Å². The molecule has 272 valence electrons. The number of unbranched alkanes of at least 4 members (excludes halogenated alkanes) is 2. The van der Waals surface area contributed by atoms with E-state index in [0.717, 1.165) is 61.5 Å². The molecule has 2 aromatic carbocycles. The van der Waals surface area contributed by atoms with Gasteiger partial charge in [0.1, 0.15) is 23.0 Å². The summed E-state index contributed by atoms with van der Waals surface area (Å²) in [5, 5.41) is 8.01. The van der Waals surface area contributed by atoms with Crippen molar-refractivity contribution in [3.05, 3.63) is 109 Å². The summed E-state index contributed by atoms with van der Waals surface area (Å²) < 4.78 is 22.6. The summed E-state index contributed by atoms with van der Waals surface area (Å²) in [6.07, 6.45) is 12.6. The number of oxime groups is 2. The van der Waals surface area contributed by atoms with Crippen LogP contribution < -0.4 is 18.9 Å². The first kappa shape index (κ1) is 40.1. The Morgan fingerprint density at radius 3 is 1.31 bits per heavy atom. The number of benzene rings is 2. The minimum absolute atomic E-state index is 0.119. The highest BCUT2D eigenvalue weighted by Gasteiger charge is 2.25. The van der Waals surface area contributed by atoms with Gasteiger partial charge in [-0.3, -0.25) is 9.97 Å². The molecule has 2 aromatic heterocycles. The summed E-state index contributed by atoms with van der Waals surface area (Å²) in [6.45, 7) is 5.80. The summed E-state index contributed by atoms with van der Waals surface area (Å²) in [6, 6.07) is 23.2. The molecule has 2 atom stereocenters. The zero-order valence-corrected chi connectivity index (χ0v) is 28.9. The fourth-order valence-corrected chi connectivity index (χ4v) is 4.50. The average molecular weight is 713 g/mol. The smallest absolute Gasteiger partial charge is 0.373 e. The van der Waals surface area contributed by atoms with E-state index in [2.05, 4.69) is 34.1 Å². The van der Waals surface area contributed by atoms with Gasteiger partial charge < -0.3 is 28.6 Å². The molecule has 52 heavy (non-hydrogen) atoms. The second kappa shape index (κ2) is 23.9. The van der Waals surface area contributed by atoms with Crippen molar-refractivity contribution in [3.63, 3.8) is 0 Å². The van der Waals surface area contributed by atoms with E-state index in [4.69, 9.17) is 47.8 Å². The molecule has 14 nitrogen and oxygen atoms in total. The van der Waals surface area contributed by atoms with E-state index in [-0.39, 0.29) is 24.5 Å². The highest BCUT2D eigenvalue weighted by Crippen LogP contribution is 2.30. The Hall–Kier alpha value is -6.36. The molecule has 0 saturated carbocycles. The van der Waals surface area contributed by atoms with Crippen molar-refractivity contribution in [3.8, 4) is 23.0 Å². The Bertz CT molecular complexity index is 1580. The SMILES string of the molecule is CCCCOc1ccc([C@@H]2CC(Oc3cccnc3)=NO2)cc1.CCCCOc1ccc([C@H]2CC(Oc3cccnc3)=NO2)cc1.O=C=O.O=C=O. The van der Waals surface area contributed by atoms with Crippen LogP contribution in [-0.4, -0.2) is 47.3 Å². The van der Waals surface area contributed by atoms with Crippen molar-refractivity contribution in [2.75, 3.05) is 13.2 Å². The van der Waals surface area contributed by atoms with Crippen molar-refractivity contribution < 1.29 is 47.8 Å². The standard InChI is InChI=1S/2C18H20N2O3.2CO2/c2*1-2-3-11-21-15-8-6-14(7-9-15)17-12-18(20-23-17)22-16-5-4-10-19-13-16;2*2-1-3/h2*4-10,13,17H,2-3,11-12H2,1H3;;/t2*17-;;/m10../s1. The van der Waals surface area contributed by atoms with Crippen LogP contribution in [0.25, 0.3) is 0 Å². The lowest BCUT2D eigenvalue weighted by Crippen LogP contribution is -2.07. The Morgan fingerprint density at radius 2 is 0.981 bits per heavy atom. The molecule has 4 aromatic rings. The molecule has 0 saturated heterocycles. The molecule has 0 bridgehead atoms. The highest BCUT2D eigenvalue weighted by molar-refractivity contribution is 5.80. The minimum Gasteiger partial charge on any atom is -0.494 e. The lowest BCUT2D eigenvalue weighted by Gasteiger charge is -2.10. The van der Waals surface area contributed by atoms with Crippen molar-refractivity contribution in [2.24, 2.45) is 10.3 Å². The number of ether oxygens (including phenoxy) is 4. The Morgan fingerprint density at radius 1 is 0.596 bits per heavy atom. The predicted molar refractivity (Wildman–Crippen MR) is 185 cm³/mol. The molecule has 6 rings (SSSR count). The molecular weight excluding hydrogens is 672 g/mol. The number of hydrogen-bond donors (Lipinski definition) is 0. The summed E-state index contributed by atoms with van der Waals surface area (Å²) >= 11 is 0. The van der Waals surface area contributed by atoms with Crippen LogP contribution in [0.5, 0.6) is 23.0 Å². The summed E-state index contributed by atoms with van der Waals surface area (Å²) in [7, 11) is 0. The number of nitrogens with zero attached hydrogens (tertiary/aromatic N) is 4. The van der Waals surface area contributed by atoms with E-state index in [0.29, 0.717) is 36.1 Å². The van der Waals surface area contributed by atoms with Gasteiger partial charge in [-0.25, -0.2) is 0 Å². The first-order valence-corrected chi connectivity index (χ1v) is 16.6. The van der Waals surface area contributed by atoms with Gasteiger partial charge in [0.25, 0.3) is 0 Å². The van der Waals surface area contributed by atoms with Crippen LogP contribution in [0.4, 0.5) is 0 Å². The fourth-order valence-electron chi connectivity index (χ4n) is 4.50. The molecular formula is C38H40N4O10. The van der Waals surface area contributed by atoms with Gasteiger partial charge >= 0.3 is 12.3 Å². The number of hydrogen-bond acceptors (Lipinski definition) is 14. The molecule has 2 aliphatic heterocycles. The number of pyridine rings is 2. The molecule has 0 radical (unpaired) electrons. The van der Waals surface area contributed by atoms with Gasteiger partial charge in [-0.15, -0.1) is 0 Å². The second-order valence-electron chi connectivity index (χ2n) is 10.9. The zero-order chi connectivity index (χ0) is 37.2. The third kappa shape index (κ3) is 14.6. The fraction of sp³-hybridized carbons (Fsp3) is 0.316. The molecule has 2 aliphatic rings. The lowest BCUT2D eigenvalue weighted by atomic mass is 10.1. The predicted octanol–water partition coefficient (Wildman–Crippen LogP) is 7.06. The molecule has 0 unspecified atom stereocenters. The van der Waals surface area contributed by atoms with E-state index < -0.39 is 0 Å². The Balaban J connectivity index is 0.000000244. The van der Waals surface area contributed by atoms with E-state index in [1.54, 1.807) is 24.8 Å². The maximum atomic E-state index is 8.12. The van der Waals surface area contributed by atoms with Crippen molar-refractivity contribution >= 4 is 24.1 Å².